The Morgan fingerprint density at radius 3 is 2.79 bits per heavy atom. The highest BCUT2D eigenvalue weighted by atomic mass is 16.7. The predicted molar refractivity (Wildman–Crippen MR) is 101 cm³/mol. The first-order valence-electron chi connectivity index (χ1n) is 9.20. The number of phenolic OH excluding ortho intramolecular Hbond substituents is 1. The third-order valence-corrected chi connectivity index (χ3v) is 5.58. The van der Waals surface area contributed by atoms with E-state index in [4.69, 9.17) is 23.4 Å². The predicted octanol–water partition coefficient (Wildman–Crippen LogP) is 4.02. The number of hydrogen-bond donors (Lipinski definition) is 1. The Balaban J connectivity index is 1.96. The van der Waals surface area contributed by atoms with Crippen LogP contribution in [0.15, 0.2) is 27.4 Å². The van der Waals surface area contributed by atoms with Gasteiger partial charge in [-0.25, -0.2) is 0 Å². The number of fused-ring (bicyclic) bond motifs is 6. The molecule has 28 heavy (non-hydrogen) atoms. The summed E-state index contributed by atoms with van der Waals surface area (Å²) in [5.74, 6) is 0.0367. The highest BCUT2D eigenvalue weighted by Crippen LogP contribution is 2.56. The number of aromatic hydroxyl groups is 1. The van der Waals surface area contributed by atoms with Crippen LogP contribution in [0.2, 0.25) is 0 Å². The highest BCUT2D eigenvalue weighted by Gasteiger charge is 2.45. The van der Waals surface area contributed by atoms with E-state index < -0.39 is 11.2 Å². The summed E-state index contributed by atoms with van der Waals surface area (Å²) >= 11 is 0. The summed E-state index contributed by atoms with van der Waals surface area (Å²) in [5, 5.41) is 11.4. The normalized spacial score (nSPS) is 23.3. The SMILES string of the molecule is COc1c2c(c(O)c3c(=O)c4c(OC)cccc4oc13)[C@H]1CCC[C@@](C)(O2)O1. The van der Waals surface area contributed by atoms with Crippen LogP contribution in [0.1, 0.15) is 37.9 Å². The zero-order chi connectivity index (χ0) is 19.6. The van der Waals surface area contributed by atoms with Crippen molar-refractivity contribution >= 4 is 21.9 Å². The second kappa shape index (κ2) is 5.78. The van der Waals surface area contributed by atoms with Gasteiger partial charge in [0.05, 0.1) is 25.9 Å². The highest BCUT2D eigenvalue weighted by molar-refractivity contribution is 6.00. The summed E-state index contributed by atoms with van der Waals surface area (Å²) < 4.78 is 29.1. The molecule has 3 heterocycles. The molecule has 2 aromatic carbocycles. The van der Waals surface area contributed by atoms with E-state index in [0.29, 0.717) is 22.6 Å². The van der Waals surface area contributed by atoms with Gasteiger partial charge in [-0.3, -0.25) is 4.79 Å². The zero-order valence-corrected chi connectivity index (χ0v) is 15.8. The first kappa shape index (κ1) is 17.2. The van der Waals surface area contributed by atoms with Gasteiger partial charge >= 0.3 is 0 Å². The Bertz CT molecular complexity index is 1180. The Morgan fingerprint density at radius 1 is 1.21 bits per heavy atom. The van der Waals surface area contributed by atoms with Gasteiger partial charge in [0.15, 0.2) is 11.3 Å². The zero-order valence-electron chi connectivity index (χ0n) is 15.8. The molecule has 0 saturated carbocycles. The molecule has 2 aliphatic rings. The number of hydrogen-bond acceptors (Lipinski definition) is 7. The van der Waals surface area contributed by atoms with Crippen LogP contribution < -0.4 is 19.6 Å². The minimum absolute atomic E-state index is 0.0361. The van der Waals surface area contributed by atoms with Crippen molar-refractivity contribution in [1.82, 2.24) is 0 Å². The maximum absolute atomic E-state index is 13.3. The molecule has 0 radical (unpaired) electrons. The lowest BCUT2D eigenvalue weighted by molar-refractivity contribution is -0.243. The van der Waals surface area contributed by atoms with Crippen molar-refractivity contribution in [2.24, 2.45) is 0 Å². The molecule has 7 heteroatoms. The van der Waals surface area contributed by atoms with E-state index in [1.54, 1.807) is 18.2 Å². The third-order valence-electron chi connectivity index (χ3n) is 5.58. The van der Waals surface area contributed by atoms with Crippen molar-refractivity contribution < 1.29 is 28.5 Å². The minimum Gasteiger partial charge on any atom is -0.506 e. The lowest BCUT2D eigenvalue weighted by Crippen LogP contribution is -2.43. The van der Waals surface area contributed by atoms with Gasteiger partial charge in [-0.2, -0.15) is 0 Å². The van der Waals surface area contributed by atoms with E-state index in [9.17, 15) is 9.90 Å². The van der Waals surface area contributed by atoms with Crippen LogP contribution >= 0.6 is 0 Å². The summed E-state index contributed by atoms with van der Waals surface area (Å²) in [6.45, 7) is 1.87. The van der Waals surface area contributed by atoms with Gasteiger partial charge in [0.25, 0.3) is 0 Å². The van der Waals surface area contributed by atoms with Crippen molar-refractivity contribution in [2.45, 2.75) is 38.1 Å². The molecule has 7 nitrogen and oxygen atoms in total. The fourth-order valence-electron chi connectivity index (χ4n) is 4.33. The molecule has 1 aromatic heterocycles. The van der Waals surface area contributed by atoms with E-state index in [1.807, 2.05) is 6.92 Å². The number of ether oxygens (including phenoxy) is 4. The van der Waals surface area contributed by atoms with E-state index >= 15 is 0 Å². The van der Waals surface area contributed by atoms with Crippen molar-refractivity contribution in [3.05, 3.63) is 34.0 Å². The number of rotatable bonds is 2. The number of phenols is 1. The molecule has 5 rings (SSSR count). The van der Waals surface area contributed by atoms with Crippen molar-refractivity contribution in [2.75, 3.05) is 14.2 Å². The molecule has 1 N–H and O–H groups in total. The van der Waals surface area contributed by atoms with Crippen LogP contribution in [0.3, 0.4) is 0 Å². The lowest BCUT2D eigenvalue weighted by atomic mass is 9.91. The van der Waals surface area contributed by atoms with Gasteiger partial charge in [-0.15, -0.1) is 0 Å². The molecule has 1 saturated heterocycles. The van der Waals surface area contributed by atoms with Crippen molar-refractivity contribution in [3.63, 3.8) is 0 Å². The van der Waals surface area contributed by atoms with Crippen molar-refractivity contribution in [3.8, 4) is 23.0 Å². The molecule has 3 aromatic rings. The fourth-order valence-corrected chi connectivity index (χ4v) is 4.33. The smallest absolute Gasteiger partial charge is 0.208 e. The third kappa shape index (κ3) is 2.16. The summed E-state index contributed by atoms with van der Waals surface area (Å²) in [7, 11) is 2.97. The van der Waals surface area contributed by atoms with Crippen LogP contribution in [0.25, 0.3) is 21.9 Å². The molecule has 2 atom stereocenters. The summed E-state index contributed by atoms with van der Waals surface area (Å²) in [6, 6.07) is 5.08. The van der Waals surface area contributed by atoms with Gasteiger partial charge in [0.2, 0.25) is 17.0 Å². The van der Waals surface area contributed by atoms with Crippen LogP contribution in [-0.4, -0.2) is 25.1 Å². The number of methoxy groups -OCH3 is 2. The lowest BCUT2D eigenvalue weighted by Gasteiger charge is -2.44. The van der Waals surface area contributed by atoms with Gasteiger partial charge in [-0.05, 0) is 25.0 Å². The molecule has 2 bridgehead atoms. The van der Waals surface area contributed by atoms with Gasteiger partial charge < -0.3 is 28.5 Å². The maximum Gasteiger partial charge on any atom is 0.208 e. The molecular weight excluding hydrogens is 364 g/mol. The average Bonchev–Trinajstić information content (AvgIpc) is 2.67. The molecular formula is C21H20O7. The summed E-state index contributed by atoms with van der Waals surface area (Å²) in [4.78, 5) is 13.3. The molecule has 0 spiro atoms. The van der Waals surface area contributed by atoms with Gasteiger partial charge in [0, 0.05) is 13.3 Å². The first-order valence-corrected chi connectivity index (χ1v) is 9.20. The Hall–Kier alpha value is -2.93. The van der Waals surface area contributed by atoms with E-state index in [0.717, 1.165) is 19.3 Å². The number of benzene rings is 2. The second-order valence-electron chi connectivity index (χ2n) is 7.33. The summed E-state index contributed by atoms with van der Waals surface area (Å²) in [6.07, 6.45) is 1.95. The Morgan fingerprint density at radius 2 is 2.04 bits per heavy atom. The fraction of sp³-hybridized carbons (Fsp3) is 0.381. The molecule has 0 amide bonds. The molecule has 1 fully saturated rings. The van der Waals surface area contributed by atoms with E-state index in [1.165, 1.54) is 14.2 Å². The molecule has 0 aliphatic carbocycles. The molecule has 2 aliphatic heterocycles. The minimum atomic E-state index is -0.802. The molecule has 146 valence electrons. The molecule has 0 unspecified atom stereocenters. The van der Waals surface area contributed by atoms with E-state index in [-0.39, 0.29) is 34.0 Å². The van der Waals surface area contributed by atoms with Crippen LogP contribution in [0.5, 0.6) is 23.0 Å². The second-order valence-corrected chi connectivity index (χ2v) is 7.33. The summed E-state index contributed by atoms with van der Waals surface area (Å²) in [5.41, 5.74) is 0.528. The Labute approximate surface area is 160 Å². The monoisotopic (exact) mass is 384 g/mol. The van der Waals surface area contributed by atoms with Crippen molar-refractivity contribution in [1.29, 1.82) is 0 Å². The topological polar surface area (TPSA) is 87.4 Å². The quantitative estimate of drug-likeness (QED) is 0.668. The van der Waals surface area contributed by atoms with Crippen LogP contribution in [0.4, 0.5) is 0 Å². The van der Waals surface area contributed by atoms with Crippen LogP contribution in [-0.2, 0) is 4.74 Å². The van der Waals surface area contributed by atoms with E-state index in [2.05, 4.69) is 0 Å². The Kier molecular flexibility index (Phi) is 3.55. The average molecular weight is 384 g/mol. The van der Waals surface area contributed by atoms with Gasteiger partial charge in [-0.1, -0.05) is 6.07 Å². The van der Waals surface area contributed by atoms with Crippen LogP contribution in [0, 0.1) is 0 Å². The van der Waals surface area contributed by atoms with Gasteiger partial charge in [0.1, 0.15) is 27.9 Å². The first-order chi connectivity index (χ1) is 13.5. The maximum atomic E-state index is 13.3. The standard InChI is InChI=1S/C21H20O7/c1-21-9-5-8-12(27-21)14-17(23)15-16(22)13-10(24-2)6-4-7-11(13)26-18(15)20(25-3)19(14)28-21/h4,6-7,12,23H,5,8-9H2,1-3H3/t12-,21-/m1/s1. The largest absolute Gasteiger partial charge is 0.506 e.